The van der Waals surface area contributed by atoms with Gasteiger partial charge in [-0.25, -0.2) is 0 Å². The minimum Gasteiger partial charge on any atom is -0.545 e. The van der Waals surface area contributed by atoms with E-state index < -0.39 is 24.3 Å². The van der Waals surface area contributed by atoms with Gasteiger partial charge in [0.2, 0.25) is 0 Å². The normalized spacial score (nSPS) is 13.2. The first-order chi connectivity index (χ1) is 37.6. The van der Waals surface area contributed by atoms with Crippen molar-refractivity contribution in [2.24, 2.45) is 0 Å². The number of carboxylic acid groups (broad SMARTS) is 1. The molecule has 0 aromatic heterocycles. The Morgan fingerprint density at radius 3 is 1.12 bits per heavy atom. The number of unbranched alkanes of at least 4 members (excludes halogenated alkanes) is 32. The van der Waals surface area contributed by atoms with E-state index in [0.717, 1.165) is 77.0 Å². The van der Waals surface area contributed by atoms with E-state index in [-0.39, 0.29) is 32.2 Å². The number of ether oxygens (including phenoxy) is 4. The third-order valence-electron chi connectivity index (χ3n) is 13.9. The summed E-state index contributed by atoms with van der Waals surface area (Å²) in [5.74, 6) is -2.28. The Bertz CT molecular complexity index is 1490. The van der Waals surface area contributed by atoms with Crippen molar-refractivity contribution in [1.29, 1.82) is 0 Å². The summed E-state index contributed by atoms with van der Waals surface area (Å²) in [6.07, 6.45) is 73.9. The molecule has 2 unspecified atom stereocenters. The van der Waals surface area contributed by atoms with Crippen LogP contribution in [0.1, 0.15) is 284 Å². The van der Waals surface area contributed by atoms with Crippen LogP contribution in [0.15, 0.2) is 72.9 Å². The molecule has 0 bridgehead atoms. The van der Waals surface area contributed by atoms with Gasteiger partial charge in [0.1, 0.15) is 13.2 Å². The molecule has 2 atom stereocenters. The number of allylic oxidation sites excluding steroid dienone is 12. The van der Waals surface area contributed by atoms with Gasteiger partial charge in [0, 0.05) is 12.8 Å². The second kappa shape index (κ2) is 58.9. The van der Waals surface area contributed by atoms with E-state index in [1.807, 2.05) is 21.1 Å². The smallest absolute Gasteiger partial charge is 0.306 e. The maximum Gasteiger partial charge on any atom is 0.306 e. The van der Waals surface area contributed by atoms with Gasteiger partial charge in [-0.1, -0.05) is 260 Å². The van der Waals surface area contributed by atoms with Crippen LogP contribution in [0.4, 0.5) is 0 Å². The molecular formula is C68H121NO8. The number of hydrogen-bond acceptors (Lipinski definition) is 8. The molecule has 9 heteroatoms. The lowest BCUT2D eigenvalue weighted by atomic mass is 10.0. The fourth-order valence-electron chi connectivity index (χ4n) is 9.03. The van der Waals surface area contributed by atoms with Crippen LogP contribution in [0, 0.1) is 0 Å². The molecule has 0 rings (SSSR count). The van der Waals surface area contributed by atoms with Crippen molar-refractivity contribution < 1.29 is 42.9 Å². The molecule has 0 aromatic rings. The molecular weight excluding hydrogens is 959 g/mol. The summed E-state index contributed by atoms with van der Waals surface area (Å²) in [5, 5.41) is 11.8. The molecule has 0 spiro atoms. The number of hydrogen-bond donors (Lipinski definition) is 0. The van der Waals surface area contributed by atoms with Gasteiger partial charge in [0.25, 0.3) is 0 Å². The lowest BCUT2D eigenvalue weighted by Crippen LogP contribution is -2.44. The van der Waals surface area contributed by atoms with Crippen molar-refractivity contribution in [3.8, 4) is 0 Å². The minimum atomic E-state index is -1.63. The molecule has 0 fully saturated rings. The van der Waals surface area contributed by atoms with E-state index in [1.165, 1.54) is 173 Å². The summed E-state index contributed by atoms with van der Waals surface area (Å²) in [7, 11) is 5.93. The van der Waals surface area contributed by atoms with Gasteiger partial charge in [-0.3, -0.25) is 9.59 Å². The lowest BCUT2D eigenvalue weighted by molar-refractivity contribution is -0.870. The number of esters is 2. The highest BCUT2D eigenvalue weighted by molar-refractivity contribution is 5.70. The number of likely N-dealkylation sites (N-methyl/N-ethyl adjacent to an activating group) is 1. The second-order valence-electron chi connectivity index (χ2n) is 22.7. The van der Waals surface area contributed by atoms with Gasteiger partial charge in [0.05, 0.1) is 40.3 Å². The molecule has 0 amide bonds. The Hall–Kier alpha value is -3.27. The number of nitrogens with zero attached hydrogens (tertiary/aromatic N) is 1. The van der Waals surface area contributed by atoms with E-state index >= 15 is 0 Å². The highest BCUT2D eigenvalue weighted by atomic mass is 16.7. The van der Waals surface area contributed by atoms with Crippen LogP contribution in [0.3, 0.4) is 0 Å². The highest BCUT2D eigenvalue weighted by Crippen LogP contribution is 2.17. The molecule has 0 aromatic carbocycles. The van der Waals surface area contributed by atoms with Crippen LogP contribution in [0.25, 0.3) is 0 Å². The fraction of sp³-hybridized carbons (Fsp3) is 0.779. The number of aliphatic carboxylic acids is 1. The van der Waals surface area contributed by atoms with E-state index in [4.69, 9.17) is 18.9 Å². The molecule has 0 N–H and O–H groups in total. The summed E-state index contributed by atoms with van der Waals surface area (Å²) >= 11 is 0. The highest BCUT2D eigenvalue weighted by Gasteiger charge is 2.22. The molecule has 0 saturated carbocycles. The van der Waals surface area contributed by atoms with E-state index in [0.29, 0.717) is 23.9 Å². The minimum absolute atomic E-state index is 0.145. The van der Waals surface area contributed by atoms with Crippen LogP contribution in [0.5, 0.6) is 0 Å². The van der Waals surface area contributed by atoms with Gasteiger partial charge in [0.15, 0.2) is 12.4 Å². The van der Waals surface area contributed by atoms with Gasteiger partial charge >= 0.3 is 11.9 Å². The van der Waals surface area contributed by atoms with Crippen LogP contribution in [0.2, 0.25) is 0 Å². The molecule has 0 aliphatic rings. The van der Waals surface area contributed by atoms with E-state index in [9.17, 15) is 19.5 Å². The van der Waals surface area contributed by atoms with E-state index in [2.05, 4.69) is 86.8 Å². The molecule has 0 aliphatic carbocycles. The maximum atomic E-state index is 12.9. The molecule has 0 aliphatic heterocycles. The van der Waals surface area contributed by atoms with Crippen LogP contribution < -0.4 is 5.11 Å². The number of carbonyl (C=O) groups is 3. The average molecular weight is 1080 g/mol. The monoisotopic (exact) mass is 1080 g/mol. The first kappa shape index (κ1) is 73.7. The zero-order valence-corrected chi connectivity index (χ0v) is 50.8. The Kier molecular flexibility index (Phi) is 56.4. The van der Waals surface area contributed by atoms with Crippen molar-refractivity contribution >= 4 is 17.9 Å². The number of quaternary nitrogens is 1. The van der Waals surface area contributed by atoms with Crippen molar-refractivity contribution in [2.75, 3.05) is 47.5 Å². The predicted octanol–water partition coefficient (Wildman–Crippen LogP) is 18.0. The Morgan fingerprint density at radius 2 is 0.740 bits per heavy atom. The molecule has 77 heavy (non-hydrogen) atoms. The second-order valence-corrected chi connectivity index (χ2v) is 22.7. The topological polar surface area (TPSA) is 111 Å². The Labute approximate surface area is 475 Å². The lowest BCUT2D eigenvalue weighted by Gasteiger charge is -2.26. The predicted molar refractivity (Wildman–Crippen MR) is 325 cm³/mol. The Morgan fingerprint density at radius 1 is 0.403 bits per heavy atom. The molecule has 0 saturated heterocycles. The fourth-order valence-corrected chi connectivity index (χ4v) is 9.03. The molecule has 446 valence electrons. The van der Waals surface area contributed by atoms with Crippen molar-refractivity contribution in [2.45, 2.75) is 296 Å². The molecule has 0 radical (unpaired) electrons. The molecule has 9 nitrogen and oxygen atoms in total. The van der Waals surface area contributed by atoms with Crippen molar-refractivity contribution in [3.05, 3.63) is 72.9 Å². The summed E-state index contributed by atoms with van der Waals surface area (Å²) in [4.78, 5) is 37.4. The summed E-state index contributed by atoms with van der Waals surface area (Å²) in [6, 6.07) is 0. The van der Waals surface area contributed by atoms with E-state index in [1.54, 1.807) is 0 Å². The first-order valence-corrected chi connectivity index (χ1v) is 32.1. The van der Waals surface area contributed by atoms with Gasteiger partial charge in [-0.2, -0.15) is 0 Å². The number of carboxylic acids is 1. The van der Waals surface area contributed by atoms with Gasteiger partial charge in [-0.15, -0.1) is 0 Å². The summed E-state index contributed by atoms with van der Waals surface area (Å²) in [6.45, 7) is 4.66. The zero-order valence-electron chi connectivity index (χ0n) is 50.8. The van der Waals surface area contributed by atoms with Crippen molar-refractivity contribution in [1.82, 2.24) is 0 Å². The summed E-state index contributed by atoms with van der Waals surface area (Å²) < 4.78 is 22.8. The standard InChI is InChI=1S/C68H121NO8/c1-6-8-10-12-14-16-18-20-22-24-26-28-30-32-33-35-36-38-40-42-44-46-48-50-52-54-56-58-65(70)75-62-64(63-76-68(67(72)73)74-61-60-69(3,4)5)77-66(71)59-57-55-53-51-49-47-45-43-41-39-37-34-31-29-27-25-23-21-19-17-15-13-11-9-7-2/h9,11,15,17,21,23-24,26-27,29,34,37,64,68H,6-8,10,12-14,16,18-20,22,25,28,30-33,35-36,38-63H2,1-5H3/b11-9-,17-15-,23-21-,26-24-,29-27-,37-34-. The number of carbonyl (C=O) groups excluding carboxylic acids is 3. The largest absolute Gasteiger partial charge is 0.545 e. The van der Waals surface area contributed by atoms with Crippen LogP contribution >= 0.6 is 0 Å². The molecule has 0 heterocycles. The first-order valence-electron chi connectivity index (χ1n) is 32.1. The van der Waals surface area contributed by atoms with Crippen molar-refractivity contribution in [3.63, 3.8) is 0 Å². The maximum absolute atomic E-state index is 12.9. The number of rotatable bonds is 59. The SMILES string of the molecule is CC/C=C\C/C=C\C/C=C\C/C=C\C/C=C\CCCCCCCCCCCC(=O)OC(COC(=O)CCCCCCCCCCCCCCCCC/C=C\CCCCCCCCCC)COC(OCC[N+](C)(C)C)C(=O)[O-]. The van der Waals surface area contributed by atoms with Gasteiger partial charge in [-0.05, 0) is 83.5 Å². The average Bonchev–Trinajstić information content (AvgIpc) is 3.40. The zero-order chi connectivity index (χ0) is 56.2. The van der Waals surface area contributed by atoms with Crippen LogP contribution in [-0.2, 0) is 33.3 Å². The van der Waals surface area contributed by atoms with Gasteiger partial charge < -0.3 is 33.3 Å². The quantitative estimate of drug-likeness (QED) is 0.0195. The Balaban J connectivity index is 4.18. The van der Waals surface area contributed by atoms with Crippen LogP contribution in [-0.4, -0.2) is 82.3 Å². The third kappa shape index (κ3) is 60.2. The summed E-state index contributed by atoms with van der Waals surface area (Å²) in [5.41, 5.74) is 0. The third-order valence-corrected chi connectivity index (χ3v) is 13.9.